The number of benzene rings is 2. The molecule has 1 saturated heterocycles. The minimum absolute atomic E-state index is 0.185. The van der Waals surface area contributed by atoms with Crippen LogP contribution in [0.25, 0.3) is 0 Å². The van der Waals surface area contributed by atoms with Crippen molar-refractivity contribution in [3.8, 4) is 11.5 Å². The van der Waals surface area contributed by atoms with Crippen LogP contribution in [-0.4, -0.2) is 62.0 Å². The quantitative estimate of drug-likeness (QED) is 0.597. The van der Waals surface area contributed by atoms with Gasteiger partial charge in [0, 0.05) is 38.0 Å². The summed E-state index contributed by atoms with van der Waals surface area (Å²) in [5, 5.41) is 0. The van der Waals surface area contributed by atoms with E-state index in [1.54, 1.807) is 21.2 Å². The highest BCUT2D eigenvalue weighted by Crippen LogP contribution is 2.44. The topological polar surface area (TPSA) is 59.1 Å². The van der Waals surface area contributed by atoms with Gasteiger partial charge in [0.05, 0.1) is 7.11 Å². The normalized spacial score (nSPS) is 19.7. The van der Waals surface area contributed by atoms with E-state index in [1.807, 2.05) is 36.4 Å². The van der Waals surface area contributed by atoms with E-state index >= 15 is 0 Å². The van der Waals surface area contributed by atoms with Gasteiger partial charge in [0.2, 0.25) is 0 Å². The van der Waals surface area contributed by atoms with E-state index in [-0.39, 0.29) is 11.9 Å². The number of ether oxygens (including phenoxy) is 2. The Morgan fingerprint density at radius 2 is 1.88 bits per heavy atom. The van der Waals surface area contributed by atoms with Gasteiger partial charge >= 0.3 is 6.09 Å². The van der Waals surface area contributed by atoms with Crippen LogP contribution in [0.15, 0.2) is 42.5 Å². The number of Topliss-reactive ketones (excluding diaryl/α,β-unsaturated/α-hetero) is 1. The number of carbonyl (C=O) groups is 2. The maximum Gasteiger partial charge on any atom is 0.414 e. The molecule has 170 valence electrons. The molecule has 1 fully saturated rings. The maximum absolute atomic E-state index is 12.5. The van der Waals surface area contributed by atoms with Crippen molar-refractivity contribution >= 4 is 11.9 Å². The van der Waals surface area contributed by atoms with Crippen molar-refractivity contribution < 1.29 is 19.1 Å². The first kappa shape index (κ1) is 22.3. The van der Waals surface area contributed by atoms with Crippen molar-refractivity contribution in [2.75, 3.05) is 34.3 Å². The van der Waals surface area contributed by atoms with Gasteiger partial charge < -0.3 is 14.4 Å². The van der Waals surface area contributed by atoms with Gasteiger partial charge in [-0.15, -0.1) is 0 Å². The van der Waals surface area contributed by atoms with E-state index in [0.29, 0.717) is 24.1 Å². The van der Waals surface area contributed by atoms with Gasteiger partial charge in [0.15, 0.2) is 5.78 Å². The zero-order valence-electron chi connectivity index (χ0n) is 19.2. The number of fused-ring (bicyclic) bond motifs is 3. The van der Waals surface area contributed by atoms with E-state index < -0.39 is 0 Å². The molecule has 0 aromatic heterocycles. The molecule has 2 aliphatic rings. The number of carbonyl (C=O) groups excluding carboxylic acids is 2. The summed E-state index contributed by atoms with van der Waals surface area (Å²) in [7, 11) is 5.02. The first-order valence-electron chi connectivity index (χ1n) is 11.4. The number of hydrogen-bond acceptors (Lipinski definition) is 5. The third-order valence-corrected chi connectivity index (χ3v) is 6.74. The maximum atomic E-state index is 12.5. The van der Waals surface area contributed by atoms with E-state index in [0.717, 1.165) is 50.1 Å². The summed E-state index contributed by atoms with van der Waals surface area (Å²) in [6.45, 7) is 1.99. The van der Waals surface area contributed by atoms with E-state index in [4.69, 9.17) is 9.47 Å². The Balaban J connectivity index is 1.35. The van der Waals surface area contributed by atoms with Gasteiger partial charge in [-0.2, -0.15) is 0 Å². The molecule has 4 rings (SSSR count). The van der Waals surface area contributed by atoms with Crippen molar-refractivity contribution in [2.24, 2.45) is 0 Å². The zero-order chi connectivity index (χ0) is 22.7. The minimum atomic E-state index is -0.338. The molecule has 2 atom stereocenters. The molecule has 32 heavy (non-hydrogen) atoms. The lowest BCUT2D eigenvalue weighted by Crippen LogP contribution is -2.36. The Bertz CT molecular complexity index is 970. The number of amides is 1. The molecule has 0 spiro atoms. The number of rotatable bonds is 7. The Morgan fingerprint density at radius 1 is 1.09 bits per heavy atom. The molecule has 1 amide bonds. The second-order valence-electron chi connectivity index (χ2n) is 8.88. The molecule has 6 nitrogen and oxygen atoms in total. The second kappa shape index (κ2) is 9.74. The van der Waals surface area contributed by atoms with E-state index in [9.17, 15) is 9.59 Å². The average Bonchev–Trinajstić information content (AvgIpc) is 3.22. The summed E-state index contributed by atoms with van der Waals surface area (Å²) in [4.78, 5) is 28.6. The first-order valence-corrected chi connectivity index (χ1v) is 11.4. The largest absolute Gasteiger partial charge is 0.497 e. The van der Waals surface area contributed by atoms with Crippen LogP contribution in [0.3, 0.4) is 0 Å². The molecule has 0 N–H and O–H groups in total. The van der Waals surface area contributed by atoms with Crippen LogP contribution in [0.2, 0.25) is 0 Å². The highest BCUT2D eigenvalue weighted by Gasteiger charge is 2.39. The smallest absolute Gasteiger partial charge is 0.414 e. The fourth-order valence-electron chi connectivity index (χ4n) is 5.08. The van der Waals surface area contributed by atoms with E-state index in [2.05, 4.69) is 11.0 Å². The molecule has 1 aliphatic heterocycles. The molecule has 2 aromatic rings. The Kier molecular flexibility index (Phi) is 6.80. The number of nitrogens with zero attached hydrogens (tertiary/aromatic N) is 2. The predicted octanol–water partition coefficient (Wildman–Crippen LogP) is 4.52. The van der Waals surface area contributed by atoms with Gasteiger partial charge in [-0.1, -0.05) is 12.1 Å². The molecule has 0 bridgehead atoms. The fourth-order valence-corrected chi connectivity index (χ4v) is 5.08. The van der Waals surface area contributed by atoms with Crippen LogP contribution in [0, 0.1) is 0 Å². The van der Waals surface area contributed by atoms with Crippen molar-refractivity contribution in [3.05, 3.63) is 59.2 Å². The highest BCUT2D eigenvalue weighted by atomic mass is 16.6. The lowest BCUT2D eigenvalue weighted by Gasteiger charge is -2.34. The third-order valence-electron chi connectivity index (χ3n) is 6.74. The van der Waals surface area contributed by atoms with Crippen LogP contribution in [0.5, 0.6) is 11.5 Å². The van der Waals surface area contributed by atoms with Gasteiger partial charge in [-0.05, 0) is 80.2 Å². The van der Waals surface area contributed by atoms with E-state index in [1.165, 1.54) is 16.0 Å². The van der Waals surface area contributed by atoms with Crippen LogP contribution in [-0.2, 0) is 6.42 Å². The Hall–Kier alpha value is -2.86. The monoisotopic (exact) mass is 436 g/mol. The van der Waals surface area contributed by atoms with Crippen molar-refractivity contribution in [3.63, 3.8) is 0 Å². The highest BCUT2D eigenvalue weighted by molar-refractivity contribution is 5.96. The summed E-state index contributed by atoms with van der Waals surface area (Å²) in [6, 6.07) is 13.9. The predicted molar refractivity (Wildman–Crippen MR) is 124 cm³/mol. The van der Waals surface area contributed by atoms with Crippen LogP contribution in [0.1, 0.15) is 53.1 Å². The average molecular weight is 437 g/mol. The zero-order valence-corrected chi connectivity index (χ0v) is 19.2. The fraction of sp³-hybridized carbons (Fsp3) is 0.462. The second-order valence-corrected chi connectivity index (χ2v) is 8.88. The summed E-state index contributed by atoms with van der Waals surface area (Å²) in [5.41, 5.74) is 3.25. The molecule has 0 saturated carbocycles. The van der Waals surface area contributed by atoms with Crippen LogP contribution >= 0.6 is 0 Å². The molecule has 0 radical (unpaired) electrons. The summed E-state index contributed by atoms with van der Waals surface area (Å²) < 4.78 is 10.8. The van der Waals surface area contributed by atoms with Crippen molar-refractivity contribution in [1.29, 1.82) is 0 Å². The molecule has 1 heterocycles. The van der Waals surface area contributed by atoms with Gasteiger partial charge in [0.1, 0.15) is 11.5 Å². The lowest BCUT2D eigenvalue weighted by atomic mass is 9.79. The first-order chi connectivity index (χ1) is 15.5. The molecular formula is C26H32N2O4. The van der Waals surface area contributed by atoms with Crippen LogP contribution in [0.4, 0.5) is 4.79 Å². The number of likely N-dealkylation sites (tertiary alicyclic amines) is 1. The molecule has 2 aromatic carbocycles. The van der Waals surface area contributed by atoms with Crippen LogP contribution < -0.4 is 9.47 Å². The standard InChI is InChI=1S/C26H32N2O4/c1-27(2)26(30)32-25-8-4-6-20-21-15-17-28(23(21)14-13-22(20)25)16-5-7-24(29)18-9-11-19(31-3)12-10-18/h4,6,8-12,21,23H,5,7,13-17H2,1-3H3/t21-,23+/m1/s1. The summed E-state index contributed by atoms with van der Waals surface area (Å²) >= 11 is 0. The molecular weight excluding hydrogens is 404 g/mol. The SMILES string of the molecule is COc1ccc(C(=O)CCCN2CC[C@@H]3c4cccc(OC(=O)N(C)C)c4CC[C@@H]32)cc1. The summed E-state index contributed by atoms with van der Waals surface area (Å²) in [5.74, 6) is 2.11. The van der Waals surface area contributed by atoms with Crippen molar-refractivity contribution in [2.45, 2.75) is 44.1 Å². The molecule has 6 heteroatoms. The summed E-state index contributed by atoms with van der Waals surface area (Å²) in [6.07, 6.45) is 4.16. The van der Waals surface area contributed by atoms with Gasteiger partial charge in [-0.25, -0.2) is 4.79 Å². The van der Waals surface area contributed by atoms with Gasteiger partial charge in [-0.3, -0.25) is 9.69 Å². The number of methoxy groups -OCH3 is 1. The third kappa shape index (κ3) is 4.65. The van der Waals surface area contributed by atoms with Gasteiger partial charge in [0.25, 0.3) is 0 Å². The molecule has 1 aliphatic carbocycles. The minimum Gasteiger partial charge on any atom is -0.497 e. The lowest BCUT2D eigenvalue weighted by molar-refractivity contribution is 0.0972. The van der Waals surface area contributed by atoms with Crippen molar-refractivity contribution in [1.82, 2.24) is 9.80 Å². The Labute approximate surface area is 190 Å². The number of ketones is 1. The molecule has 0 unspecified atom stereocenters. The number of hydrogen-bond donors (Lipinski definition) is 0. The Morgan fingerprint density at radius 3 is 2.59 bits per heavy atom.